The Morgan fingerprint density at radius 2 is 2.08 bits per heavy atom. The first kappa shape index (κ1) is 11.4. The molecule has 1 atom stereocenters. The molecule has 0 aromatic carbocycles. The van der Waals surface area contributed by atoms with Crippen LogP contribution in [0.1, 0.15) is 40.0 Å². The standard InChI is InChI=1S/C9H19NO2/c1-4-6-9(5-2,7-11)10-8(3)12/h11H,4-7H2,1-3H3,(H,10,12). The largest absolute Gasteiger partial charge is 0.394 e. The number of hydrogen-bond donors (Lipinski definition) is 2. The smallest absolute Gasteiger partial charge is 0.217 e. The molecule has 0 heterocycles. The molecule has 0 spiro atoms. The first-order chi connectivity index (χ1) is 5.60. The average Bonchev–Trinajstić information content (AvgIpc) is 2.03. The van der Waals surface area contributed by atoms with Crippen molar-refractivity contribution in [3.8, 4) is 0 Å². The van der Waals surface area contributed by atoms with Crippen LogP contribution in [0.15, 0.2) is 0 Å². The van der Waals surface area contributed by atoms with Gasteiger partial charge in [0.25, 0.3) is 0 Å². The van der Waals surface area contributed by atoms with Crippen molar-refractivity contribution in [1.82, 2.24) is 5.32 Å². The molecule has 0 aromatic heterocycles. The number of carbonyl (C=O) groups excluding carboxylic acids is 1. The van der Waals surface area contributed by atoms with Crippen LogP contribution in [0.3, 0.4) is 0 Å². The summed E-state index contributed by atoms with van der Waals surface area (Å²) < 4.78 is 0. The minimum absolute atomic E-state index is 0.0247. The molecule has 0 aliphatic heterocycles. The molecule has 3 nitrogen and oxygen atoms in total. The number of aliphatic hydroxyl groups is 1. The van der Waals surface area contributed by atoms with Crippen molar-refractivity contribution in [3.63, 3.8) is 0 Å². The summed E-state index contributed by atoms with van der Waals surface area (Å²) in [5.41, 5.74) is -0.388. The molecule has 0 saturated heterocycles. The molecule has 3 heteroatoms. The van der Waals surface area contributed by atoms with Crippen molar-refractivity contribution in [2.75, 3.05) is 6.61 Å². The molecule has 1 amide bonds. The second kappa shape index (κ2) is 5.14. The SMILES string of the molecule is CCCC(CC)(CO)NC(C)=O. The second-order valence-electron chi connectivity index (χ2n) is 3.22. The molecule has 2 N–H and O–H groups in total. The topological polar surface area (TPSA) is 49.3 Å². The van der Waals surface area contributed by atoms with Crippen LogP contribution in [0.25, 0.3) is 0 Å². The van der Waals surface area contributed by atoms with Gasteiger partial charge in [-0.05, 0) is 12.8 Å². The van der Waals surface area contributed by atoms with Crippen molar-refractivity contribution in [3.05, 3.63) is 0 Å². The van der Waals surface area contributed by atoms with Crippen molar-refractivity contribution < 1.29 is 9.90 Å². The molecule has 0 rings (SSSR count). The Balaban J connectivity index is 4.23. The van der Waals surface area contributed by atoms with E-state index in [1.807, 2.05) is 13.8 Å². The van der Waals surface area contributed by atoms with Crippen LogP contribution in [0.2, 0.25) is 0 Å². The van der Waals surface area contributed by atoms with E-state index >= 15 is 0 Å². The van der Waals surface area contributed by atoms with Gasteiger partial charge in [0, 0.05) is 6.92 Å². The van der Waals surface area contributed by atoms with E-state index in [-0.39, 0.29) is 18.1 Å². The molecule has 72 valence electrons. The van der Waals surface area contributed by atoms with Crippen molar-refractivity contribution in [2.45, 2.75) is 45.6 Å². The van der Waals surface area contributed by atoms with Crippen LogP contribution in [0.4, 0.5) is 0 Å². The van der Waals surface area contributed by atoms with Gasteiger partial charge in [0.1, 0.15) is 0 Å². The predicted molar refractivity (Wildman–Crippen MR) is 48.8 cm³/mol. The lowest BCUT2D eigenvalue weighted by Gasteiger charge is -2.31. The molecule has 0 radical (unpaired) electrons. The van der Waals surface area contributed by atoms with Gasteiger partial charge in [-0.25, -0.2) is 0 Å². The van der Waals surface area contributed by atoms with E-state index in [1.165, 1.54) is 6.92 Å². The van der Waals surface area contributed by atoms with Crippen LogP contribution in [0, 0.1) is 0 Å². The van der Waals surface area contributed by atoms with Crippen LogP contribution < -0.4 is 5.32 Å². The zero-order valence-corrected chi connectivity index (χ0v) is 8.18. The fourth-order valence-corrected chi connectivity index (χ4v) is 1.41. The summed E-state index contributed by atoms with van der Waals surface area (Å²) in [6.45, 7) is 5.52. The third-order valence-electron chi connectivity index (χ3n) is 2.15. The maximum absolute atomic E-state index is 10.8. The summed E-state index contributed by atoms with van der Waals surface area (Å²) in [6.07, 6.45) is 2.57. The minimum Gasteiger partial charge on any atom is -0.394 e. The number of amides is 1. The van der Waals surface area contributed by atoms with Gasteiger partial charge in [-0.1, -0.05) is 20.3 Å². The van der Waals surface area contributed by atoms with Crippen LogP contribution in [-0.2, 0) is 4.79 Å². The highest BCUT2D eigenvalue weighted by molar-refractivity contribution is 5.73. The first-order valence-corrected chi connectivity index (χ1v) is 4.50. The van der Waals surface area contributed by atoms with Gasteiger partial charge in [0.15, 0.2) is 0 Å². The molecule has 0 bridgehead atoms. The molecular weight excluding hydrogens is 154 g/mol. The number of carbonyl (C=O) groups is 1. The molecule has 12 heavy (non-hydrogen) atoms. The number of hydrogen-bond acceptors (Lipinski definition) is 2. The van der Waals surface area contributed by atoms with Gasteiger partial charge < -0.3 is 10.4 Å². The average molecular weight is 173 g/mol. The lowest BCUT2D eigenvalue weighted by molar-refractivity contribution is -0.121. The summed E-state index contributed by atoms with van der Waals surface area (Å²) in [7, 11) is 0. The summed E-state index contributed by atoms with van der Waals surface area (Å²) in [6, 6.07) is 0. The Bertz CT molecular complexity index is 141. The fourth-order valence-electron chi connectivity index (χ4n) is 1.41. The maximum atomic E-state index is 10.8. The molecule has 0 aliphatic rings. The van der Waals surface area contributed by atoms with Gasteiger partial charge in [-0.2, -0.15) is 0 Å². The quantitative estimate of drug-likeness (QED) is 0.653. The number of nitrogens with one attached hydrogen (secondary N) is 1. The Labute approximate surface area is 74.2 Å². The van der Waals surface area contributed by atoms with Gasteiger partial charge in [0.2, 0.25) is 5.91 Å². The lowest BCUT2D eigenvalue weighted by Crippen LogP contribution is -2.50. The summed E-state index contributed by atoms with van der Waals surface area (Å²) >= 11 is 0. The Kier molecular flexibility index (Phi) is 4.90. The van der Waals surface area contributed by atoms with E-state index in [4.69, 9.17) is 5.11 Å². The van der Waals surface area contributed by atoms with Crippen LogP contribution in [-0.4, -0.2) is 23.2 Å². The Hall–Kier alpha value is -0.570. The van der Waals surface area contributed by atoms with Crippen molar-refractivity contribution in [2.24, 2.45) is 0 Å². The van der Waals surface area contributed by atoms with E-state index in [1.54, 1.807) is 0 Å². The van der Waals surface area contributed by atoms with E-state index in [9.17, 15) is 4.79 Å². The van der Waals surface area contributed by atoms with Crippen LogP contribution >= 0.6 is 0 Å². The lowest BCUT2D eigenvalue weighted by atomic mass is 9.91. The zero-order valence-electron chi connectivity index (χ0n) is 8.18. The van der Waals surface area contributed by atoms with E-state index < -0.39 is 0 Å². The van der Waals surface area contributed by atoms with Crippen LogP contribution in [0.5, 0.6) is 0 Å². The third kappa shape index (κ3) is 3.22. The number of aliphatic hydroxyl groups excluding tert-OH is 1. The predicted octanol–water partition coefficient (Wildman–Crippen LogP) is 1.06. The molecule has 0 aromatic rings. The fraction of sp³-hybridized carbons (Fsp3) is 0.889. The van der Waals surface area contributed by atoms with Gasteiger partial charge in [0.05, 0.1) is 12.1 Å². The van der Waals surface area contributed by atoms with Gasteiger partial charge >= 0.3 is 0 Å². The first-order valence-electron chi connectivity index (χ1n) is 4.50. The van der Waals surface area contributed by atoms with E-state index in [0.29, 0.717) is 0 Å². The Morgan fingerprint density at radius 1 is 1.50 bits per heavy atom. The van der Waals surface area contributed by atoms with E-state index in [2.05, 4.69) is 5.32 Å². The third-order valence-corrected chi connectivity index (χ3v) is 2.15. The monoisotopic (exact) mass is 173 g/mol. The summed E-state index contributed by atoms with van der Waals surface area (Å²) in [5, 5.41) is 11.9. The Morgan fingerprint density at radius 3 is 2.33 bits per heavy atom. The minimum atomic E-state index is -0.388. The normalized spacial score (nSPS) is 15.3. The molecule has 0 aliphatic carbocycles. The molecule has 0 fully saturated rings. The second-order valence-corrected chi connectivity index (χ2v) is 3.22. The summed E-state index contributed by atoms with van der Waals surface area (Å²) in [4.78, 5) is 10.8. The molecule has 1 unspecified atom stereocenters. The van der Waals surface area contributed by atoms with Crippen molar-refractivity contribution >= 4 is 5.91 Å². The highest BCUT2D eigenvalue weighted by atomic mass is 16.3. The molecular formula is C9H19NO2. The zero-order chi connectivity index (χ0) is 9.61. The number of rotatable bonds is 5. The van der Waals surface area contributed by atoms with Gasteiger partial charge in [-0.15, -0.1) is 0 Å². The van der Waals surface area contributed by atoms with Crippen molar-refractivity contribution in [1.29, 1.82) is 0 Å². The van der Waals surface area contributed by atoms with E-state index in [0.717, 1.165) is 19.3 Å². The summed E-state index contributed by atoms with van der Waals surface area (Å²) in [5.74, 6) is -0.0700. The van der Waals surface area contributed by atoms with Gasteiger partial charge in [-0.3, -0.25) is 4.79 Å². The molecule has 0 saturated carbocycles. The maximum Gasteiger partial charge on any atom is 0.217 e. The highest BCUT2D eigenvalue weighted by Crippen LogP contribution is 2.16. The highest BCUT2D eigenvalue weighted by Gasteiger charge is 2.26.